The summed E-state index contributed by atoms with van der Waals surface area (Å²) in [5, 5.41) is 3.03. The minimum Gasteiger partial charge on any atom is -0.351 e. The van der Waals surface area contributed by atoms with Crippen LogP contribution in [0.4, 0.5) is 0 Å². The Bertz CT molecular complexity index is 535. The SMILES string of the molecule is Cc1ccc(C(=O)N2CCC(C(=O)NC(C)(C)C)CC2)cc1. The Morgan fingerprint density at radius 2 is 1.64 bits per heavy atom. The topological polar surface area (TPSA) is 49.4 Å². The van der Waals surface area contributed by atoms with Crippen molar-refractivity contribution in [3.05, 3.63) is 35.4 Å². The summed E-state index contributed by atoms with van der Waals surface area (Å²) in [6, 6.07) is 7.65. The van der Waals surface area contributed by atoms with Crippen molar-refractivity contribution >= 4 is 11.8 Å². The second-order valence-corrected chi connectivity index (χ2v) is 7.17. The van der Waals surface area contributed by atoms with Crippen molar-refractivity contribution in [2.75, 3.05) is 13.1 Å². The van der Waals surface area contributed by atoms with Crippen LogP contribution in [0.1, 0.15) is 49.5 Å². The molecule has 2 amide bonds. The van der Waals surface area contributed by atoms with Gasteiger partial charge >= 0.3 is 0 Å². The first-order chi connectivity index (χ1) is 10.3. The summed E-state index contributed by atoms with van der Waals surface area (Å²) >= 11 is 0. The molecular weight excluding hydrogens is 276 g/mol. The number of carbonyl (C=O) groups is 2. The first-order valence-corrected chi connectivity index (χ1v) is 7.94. The number of aryl methyl sites for hydroxylation is 1. The number of hydrogen-bond donors (Lipinski definition) is 1. The number of likely N-dealkylation sites (tertiary alicyclic amines) is 1. The summed E-state index contributed by atoms with van der Waals surface area (Å²) in [6.07, 6.45) is 1.47. The highest BCUT2D eigenvalue weighted by molar-refractivity contribution is 5.94. The highest BCUT2D eigenvalue weighted by atomic mass is 16.2. The van der Waals surface area contributed by atoms with Crippen molar-refractivity contribution in [1.29, 1.82) is 0 Å². The zero-order valence-corrected chi connectivity index (χ0v) is 14.0. The molecular formula is C18H26N2O2. The second kappa shape index (κ2) is 6.51. The van der Waals surface area contributed by atoms with E-state index in [0.29, 0.717) is 13.1 Å². The molecule has 0 radical (unpaired) electrons. The normalized spacial score (nSPS) is 16.5. The monoisotopic (exact) mass is 302 g/mol. The summed E-state index contributed by atoms with van der Waals surface area (Å²) < 4.78 is 0. The third-order valence-electron chi connectivity index (χ3n) is 3.95. The smallest absolute Gasteiger partial charge is 0.253 e. The van der Waals surface area contributed by atoms with Gasteiger partial charge in [0.05, 0.1) is 0 Å². The van der Waals surface area contributed by atoms with E-state index in [0.717, 1.165) is 24.0 Å². The lowest BCUT2D eigenvalue weighted by atomic mass is 9.94. The molecule has 1 N–H and O–H groups in total. The molecule has 0 saturated carbocycles. The summed E-state index contributed by atoms with van der Waals surface area (Å²) in [4.78, 5) is 26.5. The van der Waals surface area contributed by atoms with E-state index in [9.17, 15) is 9.59 Å². The summed E-state index contributed by atoms with van der Waals surface area (Å²) in [5.41, 5.74) is 1.67. The molecule has 0 bridgehead atoms. The van der Waals surface area contributed by atoms with E-state index < -0.39 is 0 Å². The zero-order chi connectivity index (χ0) is 16.3. The van der Waals surface area contributed by atoms with Crippen LogP contribution in [0, 0.1) is 12.8 Å². The number of nitrogens with one attached hydrogen (secondary N) is 1. The summed E-state index contributed by atoms with van der Waals surface area (Å²) in [5.74, 6) is 0.186. The minimum absolute atomic E-state index is 0.0151. The van der Waals surface area contributed by atoms with Crippen LogP contribution in [0.5, 0.6) is 0 Å². The first kappa shape index (κ1) is 16.5. The molecule has 0 unspecified atom stereocenters. The molecule has 1 aromatic rings. The quantitative estimate of drug-likeness (QED) is 0.913. The lowest BCUT2D eigenvalue weighted by Crippen LogP contribution is -2.47. The Morgan fingerprint density at radius 1 is 1.09 bits per heavy atom. The molecule has 1 fully saturated rings. The Hall–Kier alpha value is -1.84. The van der Waals surface area contributed by atoms with Gasteiger partial charge in [-0.1, -0.05) is 17.7 Å². The molecule has 0 aliphatic carbocycles. The fourth-order valence-electron chi connectivity index (χ4n) is 2.70. The van der Waals surface area contributed by atoms with Crippen molar-refractivity contribution in [2.45, 2.75) is 46.1 Å². The van der Waals surface area contributed by atoms with Crippen molar-refractivity contribution in [1.82, 2.24) is 10.2 Å². The molecule has 0 aromatic heterocycles. The van der Waals surface area contributed by atoms with E-state index in [2.05, 4.69) is 5.32 Å². The van der Waals surface area contributed by atoms with Gasteiger partial charge in [-0.15, -0.1) is 0 Å². The van der Waals surface area contributed by atoms with E-state index in [1.165, 1.54) is 0 Å². The van der Waals surface area contributed by atoms with Crippen molar-refractivity contribution < 1.29 is 9.59 Å². The van der Waals surface area contributed by atoms with Crippen LogP contribution in [0.25, 0.3) is 0 Å². The molecule has 1 aliphatic heterocycles. The lowest BCUT2D eigenvalue weighted by molar-refractivity contribution is -0.127. The maximum atomic E-state index is 12.4. The molecule has 22 heavy (non-hydrogen) atoms. The van der Waals surface area contributed by atoms with Crippen LogP contribution in [0.15, 0.2) is 24.3 Å². The molecule has 1 aliphatic rings. The molecule has 1 heterocycles. The van der Waals surface area contributed by atoms with Crippen molar-refractivity contribution in [3.8, 4) is 0 Å². The van der Waals surface area contributed by atoms with Gasteiger partial charge in [0.25, 0.3) is 5.91 Å². The standard InChI is InChI=1S/C18H26N2O2/c1-13-5-7-15(8-6-13)17(22)20-11-9-14(10-12-20)16(21)19-18(2,3)4/h5-8,14H,9-12H2,1-4H3,(H,19,21). The molecule has 120 valence electrons. The Morgan fingerprint density at radius 3 is 2.14 bits per heavy atom. The van der Waals surface area contributed by atoms with Gasteiger partial charge in [-0.25, -0.2) is 0 Å². The molecule has 1 aromatic carbocycles. The number of nitrogens with zero attached hydrogens (tertiary/aromatic N) is 1. The number of hydrogen-bond acceptors (Lipinski definition) is 2. The number of carbonyl (C=O) groups excluding carboxylic acids is 2. The Labute approximate surface area is 132 Å². The van der Waals surface area contributed by atoms with E-state index in [4.69, 9.17) is 0 Å². The van der Waals surface area contributed by atoms with Gasteiger partial charge < -0.3 is 10.2 Å². The van der Waals surface area contributed by atoms with Crippen molar-refractivity contribution in [3.63, 3.8) is 0 Å². The summed E-state index contributed by atoms with van der Waals surface area (Å²) in [7, 11) is 0. The fourth-order valence-corrected chi connectivity index (χ4v) is 2.70. The maximum Gasteiger partial charge on any atom is 0.253 e. The number of benzene rings is 1. The summed E-state index contributed by atoms with van der Waals surface area (Å²) in [6.45, 7) is 9.26. The average molecular weight is 302 g/mol. The van der Waals surface area contributed by atoms with Crippen molar-refractivity contribution in [2.24, 2.45) is 5.92 Å². The van der Waals surface area contributed by atoms with Crippen LogP contribution >= 0.6 is 0 Å². The largest absolute Gasteiger partial charge is 0.351 e. The number of piperidine rings is 1. The second-order valence-electron chi connectivity index (χ2n) is 7.17. The highest BCUT2D eigenvalue weighted by Crippen LogP contribution is 2.20. The third-order valence-corrected chi connectivity index (χ3v) is 3.95. The Balaban J connectivity index is 1.90. The predicted octanol–water partition coefficient (Wildman–Crippen LogP) is 2.76. The van der Waals surface area contributed by atoms with E-state index in [1.54, 1.807) is 0 Å². The van der Waals surface area contributed by atoms with Gasteiger partial charge in [-0.3, -0.25) is 9.59 Å². The molecule has 1 saturated heterocycles. The van der Waals surface area contributed by atoms with Gasteiger partial charge in [-0.2, -0.15) is 0 Å². The molecule has 0 spiro atoms. The van der Waals surface area contributed by atoms with Gasteiger partial charge in [0.15, 0.2) is 0 Å². The maximum absolute atomic E-state index is 12.4. The van der Waals surface area contributed by atoms with Crippen LogP contribution in [0.3, 0.4) is 0 Å². The Kier molecular flexibility index (Phi) is 4.89. The third kappa shape index (κ3) is 4.33. The molecule has 0 atom stereocenters. The van der Waals surface area contributed by atoms with E-state index >= 15 is 0 Å². The molecule has 2 rings (SSSR count). The molecule has 4 heteroatoms. The van der Waals surface area contributed by atoms with Gasteiger partial charge in [-0.05, 0) is 52.7 Å². The molecule has 4 nitrogen and oxygen atoms in total. The van der Waals surface area contributed by atoms with Crippen LogP contribution < -0.4 is 5.32 Å². The number of amides is 2. The van der Waals surface area contributed by atoms with Crippen LogP contribution in [-0.4, -0.2) is 35.3 Å². The zero-order valence-electron chi connectivity index (χ0n) is 14.0. The van der Waals surface area contributed by atoms with Crippen LogP contribution in [0.2, 0.25) is 0 Å². The minimum atomic E-state index is -0.202. The highest BCUT2D eigenvalue weighted by Gasteiger charge is 2.29. The van der Waals surface area contributed by atoms with E-state index in [-0.39, 0.29) is 23.3 Å². The van der Waals surface area contributed by atoms with Gasteiger partial charge in [0.1, 0.15) is 0 Å². The number of rotatable bonds is 2. The first-order valence-electron chi connectivity index (χ1n) is 7.94. The predicted molar refractivity (Wildman–Crippen MR) is 87.7 cm³/mol. The van der Waals surface area contributed by atoms with Crippen LogP contribution in [-0.2, 0) is 4.79 Å². The average Bonchev–Trinajstić information content (AvgIpc) is 2.46. The van der Waals surface area contributed by atoms with E-state index in [1.807, 2.05) is 56.9 Å². The van der Waals surface area contributed by atoms with Gasteiger partial charge in [0, 0.05) is 30.1 Å². The lowest BCUT2D eigenvalue weighted by Gasteiger charge is -2.33. The fraction of sp³-hybridized carbons (Fsp3) is 0.556. The van der Waals surface area contributed by atoms with Gasteiger partial charge in [0.2, 0.25) is 5.91 Å².